The molecule has 2 N–H and O–H groups in total. The van der Waals surface area contributed by atoms with Crippen molar-refractivity contribution < 1.29 is 22.7 Å². The third-order valence-electron chi connectivity index (χ3n) is 3.72. The fourth-order valence-corrected chi connectivity index (χ4v) is 5.23. The van der Waals surface area contributed by atoms with Gasteiger partial charge in [-0.2, -0.15) is 4.31 Å². The van der Waals surface area contributed by atoms with Crippen molar-refractivity contribution in [3.8, 4) is 0 Å². The molecule has 0 spiro atoms. The molecule has 2 rings (SSSR count). The van der Waals surface area contributed by atoms with Gasteiger partial charge < -0.3 is 15.2 Å². The second-order valence-electron chi connectivity index (χ2n) is 5.22. The molecule has 1 aromatic rings. The van der Waals surface area contributed by atoms with Gasteiger partial charge in [-0.15, -0.1) is 23.7 Å². The second-order valence-corrected chi connectivity index (χ2v) is 8.04. The molecule has 7 nitrogen and oxygen atoms in total. The van der Waals surface area contributed by atoms with Crippen molar-refractivity contribution in [2.75, 3.05) is 33.4 Å². The molecule has 1 fully saturated rings. The number of ether oxygens (including phenoxy) is 2. The summed E-state index contributed by atoms with van der Waals surface area (Å²) in [4.78, 5) is 11.8. The molecule has 0 amide bonds. The van der Waals surface area contributed by atoms with Crippen molar-refractivity contribution in [1.82, 2.24) is 4.31 Å². The van der Waals surface area contributed by atoms with Crippen molar-refractivity contribution in [1.29, 1.82) is 0 Å². The quantitative estimate of drug-likeness (QED) is 0.551. The minimum Gasteiger partial charge on any atom is -0.465 e. The lowest BCUT2D eigenvalue weighted by Crippen LogP contribution is -2.41. The molecule has 1 saturated heterocycles. The maximum atomic E-state index is 12.7. The van der Waals surface area contributed by atoms with Gasteiger partial charge in [0, 0.05) is 19.7 Å². The van der Waals surface area contributed by atoms with Crippen LogP contribution in [0.5, 0.6) is 0 Å². The highest BCUT2D eigenvalue weighted by molar-refractivity contribution is 7.89. The Balaban J connectivity index is 0.00000288. The zero-order chi connectivity index (χ0) is 16.9. The van der Waals surface area contributed by atoms with Gasteiger partial charge in [-0.1, -0.05) is 0 Å². The van der Waals surface area contributed by atoms with E-state index in [-0.39, 0.29) is 28.3 Å². The zero-order valence-electron chi connectivity index (χ0n) is 13.5. The predicted molar refractivity (Wildman–Crippen MR) is 94.3 cm³/mol. The van der Waals surface area contributed by atoms with E-state index in [9.17, 15) is 13.2 Å². The van der Waals surface area contributed by atoms with Gasteiger partial charge in [-0.25, -0.2) is 13.2 Å². The molecule has 0 aromatic carbocycles. The lowest BCUT2D eigenvalue weighted by molar-refractivity contribution is 0.0208. The molecule has 10 heteroatoms. The third-order valence-corrected chi connectivity index (χ3v) is 6.69. The van der Waals surface area contributed by atoms with E-state index >= 15 is 0 Å². The van der Waals surface area contributed by atoms with Gasteiger partial charge in [0.25, 0.3) is 0 Å². The van der Waals surface area contributed by atoms with Crippen LogP contribution in [0, 0.1) is 0 Å². The SMILES string of the molecule is COC(=O)c1sccc1S(=O)(=O)N1CCC(OCCCN)CC1.Cl. The van der Waals surface area contributed by atoms with E-state index in [2.05, 4.69) is 4.74 Å². The first-order valence-electron chi connectivity index (χ1n) is 7.48. The van der Waals surface area contributed by atoms with E-state index in [1.165, 1.54) is 17.5 Å². The van der Waals surface area contributed by atoms with E-state index in [4.69, 9.17) is 10.5 Å². The number of thiophene rings is 1. The van der Waals surface area contributed by atoms with Crippen LogP contribution in [0.1, 0.15) is 28.9 Å². The summed E-state index contributed by atoms with van der Waals surface area (Å²) >= 11 is 1.07. The number of sulfonamides is 1. The van der Waals surface area contributed by atoms with Crippen LogP contribution in [-0.4, -0.2) is 58.1 Å². The molecule has 24 heavy (non-hydrogen) atoms. The summed E-state index contributed by atoms with van der Waals surface area (Å²) in [6.45, 7) is 1.95. The van der Waals surface area contributed by atoms with E-state index in [0.717, 1.165) is 17.8 Å². The molecule has 138 valence electrons. The smallest absolute Gasteiger partial charge is 0.349 e. The first-order chi connectivity index (χ1) is 11.0. The molecule has 1 aliphatic heterocycles. The van der Waals surface area contributed by atoms with E-state index < -0.39 is 16.0 Å². The molecule has 0 atom stereocenters. The topological polar surface area (TPSA) is 98.9 Å². The van der Waals surface area contributed by atoms with E-state index in [0.29, 0.717) is 39.1 Å². The average molecular weight is 399 g/mol. The summed E-state index contributed by atoms with van der Waals surface area (Å²) in [7, 11) is -2.45. The Labute approximate surface area is 152 Å². The van der Waals surface area contributed by atoms with Crippen LogP contribution in [0.3, 0.4) is 0 Å². The normalized spacial score (nSPS) is 16.6. The van der Waals surface area contributed by atoms with Crippen molar-refractivity contribution in [2.24, 2.45) is 5.73 Å². The summed E-state index contributed by atoms with van der Waals surface area (Å²) in [6.07, 6.45) is 2.15. The number of methoxy groups -OCH3 is 1. The number of nitrogens with two attached hydrogens (primary N) is 1. The fourth-order valence-electron chi connectivity index (χ4n) is 2.45. The zero-order valence-corrected chi connectivity index (χ0v) is 15.9. The first kappa shape index (κ1) is 21.3. The molecule has 0 aliphatic carbocycles. The Bertz CT molecular complexity index is 627. The maximum absolute atomic E-state index is 12.7. The molecule has 1 aliphatic rings. The van der Waals surface area contributed by atoms with Crippen molar-refractivity contribution in [3.05, 3.63) is 16.3 Å². The van der Waals surface area contributed by atoms with E-state index in [1.54, 1.807) is 5.38 Å². The number of nitrogens with zero attached hydrogens (tertiary/aromatic N) is 1. The Kier molecular flexibility index (Phi) is 8.61. The number of carbonyl (C=O) groups excluding carboxylic acids is 1. The fraction of sp³-hybridized carbons (Fsp3) is 0.643. The van der Waals surface area contributed by atoms with Crippen LogP contribution in [0.15, 0.2) is 16.3 Å². The van der Waals surface area contributed by atoms with Gasteiger partial charge in [0.2, 0.25) is 10.0 Å². The molecular weight excluding hydrogens is 376 g/mol. The lowest BCUT2D eigenvalue weighted by Gasteiger charge is -2.31. The van der Waals surface area contributed by atoms with Gasteiger partial charge in [-0.3, -0.25) is 0 Å². The van der Waals surface area contributed by atoms with Crippen LogP contribution < -0.4 is 5.73 Å². The molecule has 1 aromatic heterocycles. The van der Waals surface area contributed by atoms with Gasteiger partial charge >= 0.3 is 5.97 Å². The molecule has 0 saturated carbocycles. The Morgan fingerprint density at radius 1 is 1.42 bits per heavy atom. The predicted octanol–water partition coefficient (Wildman–Crippen LogP) is 1.47. The Morgan fingerprint density at radius 3 is 2.67 bits per heavy atom. The van der Waals surface area contributed by atoms with Crippen LogP contribution in [-0.2, 0) is 19.5 Å². The van der Waals surface area contributed by atoms with E-state index in [1.807, 2.05) is 0 Å². The van der Waals surface area contributed by atoms with Gasteiger partial charge in [-0.05, 0) is 37.3 Å². The van der Waals surface area contributed by atoms with Gasteiger partial charge in [0.1, 0.15) is 9.77 Å². The molecule has 2 heterocycles. The molecule has 0 bridgehead atoms. The highest BCUT2D eigenvalue weighted by Crippen LogP contribution is 2.28. The maximum Gasteiger partial charge on any atom is 0.349 e. The Morgan fingerprint density at radius 2 is 2.08 bits per heavy atom. The number of hydrogen-bond donors (Lipinski definition) is 1. The third kappa shape index (κ3) is 4.90. The largest absolute Gasteiger partial charge is 0.465 e. The molecule has 0 unspecified atom stereocenters. The summed E-state index contributed by atoms with van der Waals surface area (Å²) in [5.41, 5.74) is 5.42. The lowest BCUT2D eigenvalue weighted by atomic mass is 10.1. The number of hydrogen-bond acceptors (Lipinski definition) is 7. The monoisotopic (exact) mass is 398 g/mol. The van der Waals surface area contributed by atoms with Crippen LogP contribution in [0.25, 0.3) is 0 Å². The highest BCUT2D eigenvalue weighted by Gasteiger charge is 2.33. The Hall–Kier alpha value is -0.710. The minimum atomic E-state index is -3.69. The van der Waals surface area contributed by atoms with Crippen molar-refractivity contribution in [2.45, 2.75) is 30.3 Å². The highest BCUT2D eigenvalue weighted by atomic mass is 35.5. The summed E-state index contributed by atoms with van der Waals surface area (Å²) < 4.78 is 37.2. The standard InChI is InChI=1S/C14H22N2O5S2.ClH/c1-20-14(17)13-12(5-10-22-13)23(18,19)16-7-3-11(4-8-16)21-9-2-6-15;/h5,10-11H,2-4,6-9,15H2,1H3;1H. The van der Waals surface area contributed by atoms with Crippen molar-refractivity contribution in [3.63, 3.8) is 0 Å². The van der Waals surface area contributed by atoms with Crippen LogP contribution in [0.2, 0.25) is 0 Å². The number of rotatable bonds is 7. The van der Waals surface area contributed by atoms with Crippen LogP contribution in [0.4, 0.5) is 0 Å². The summed E-state index contributed by atoms with van der Waals surface area (Å²) in [5, 5.41) is 1.59. The number of esters is 1. The van der Waals surface area contributed by atoms with Gasteiger partial charge in [0.15, 0.2) is 0 Å². The van der Waals surface area contributed by atoms with Crippen molar-refractivity contribution >= 4 is 39.7 Å². The first-order valence-corrected chi connectivity index (χ1v) is 9.80. The average Bonchev–Trinajstić information content (AvgIpc) is 3.05. The van der Waals surface area contributed by atoms with Crippen LogP contribution >= 0.6 is 23.7 Å². The molecular formula is C14H23ClN2O5S2. The van der Waals surface area contributed by atoms with Gasteiger partial charge in [0.05, 0.1) is 13.2 Å². The minimum absolute atomic E-state index is 0. The summed E-state index contributed by atoms with van der Waals surface area (Å²) in [6, 6.07) is 1.45. The number of halogens is 1. The number of carbonyl (C=O) groups is 1. The molecule has 0 radical (unpaired) electrons. The summed E-state index contributed by atoms with van der Waals surface area (Å²) in [5.74, 6) is -0.626. The second kappa shape index (κ2) is 9.69. The number of piperidine rings is 1.